The van der Waals surface area contributed by atoms with Gasteiger partial charge in [0.05, 0.1) is 74.0 Å². The van der Waals surface area contributed by atoms with E-state index in [1.54, 1.807) is 0 Å². The van der Waals surface area contributed by atoms with Crippen molar-refractivity contribution in [1.82, 2.24) is 70.0 Å². The molecule has 6 heterocycles. The van der Waals surface area contributed by atoms with Crippen molar-refractivity contribution >= 4 is 11.0 Å². The minimum absolute atomic E-state index is 0.347. The van der Waals surface area contributed by atoms with Crippen molar-refractivity contribution in [2.75, 3.05) is 0 Å². The Kier molecular flexibility index (Phi) is 32.1. The average Bonchev–Trinajstić information content (AvgIpc) is 1.20. The zero-order valence-corrected chi connectivity index (χ0v) is 61.9. The topological polar surface area (TPSA) is 178 Å². The second-order valence-corrected chi connectivity index (χ2v) is 28.9. The Hall–Kier alpha value is -5.86. The van der Waals surface area contributed by atoms with E-state index in [1.807, 2.05) is 39.9 Å². The first-order valence-electron chi connectivity index (χ1n) is 33.6. The van der Waals surface area contributed by atoms with Gasteiger partial charge in [-0.15, -0.1) is 5.10 Å². The van der Waals surface area contributed by atoms with Gasteiger partial charge in [-0.2, -0.15) is 15.0 Å². The number of rotatable bonds is 17. The molecule has 1 aromatic carbocycles. The molecule has 7 aromatic rings. The SMILES string of the molecule is CC(C)c1cnc(C(C)C)c(C(C)C)n1.CC(C)c1nc(C(C)C)nc(C(C)C)n1.CC(C)c1nc2ccccc2nc1C(C)C.CC(C)c1nn(C(C)C)nc1C(C)C.CC(C)c1nnn(C(C)C)c1C(C)C.CC(C)c1noc(C(C)C)c1C(C)C. The highest BCUT2D eigenvalue weighted by molar-refractivity contribution is 5.74. The maximum atomic E-state index is 5.43. The zero-order valence-electron chi connectivity index (χ0n) is 61.9. The molecule has 0 radical (unpaired) electrons. The lowest BCUT2D eigenvalue weighted by Crippen LogP contribution is -2.11. The second-order valence-electron chi connectivity index (χ2n) is 28.9. The van der Waals surface area contributed by atoms with E-state index in [-0.39, 0.29) is 0 Å². The average molecular weight is 1210 g/mol. The van der Waals surface area contributed by atoms with Crippen LogP contribution in [0.15, 0.2) is 35.0 Å². The molecule has 0 saturated carbocycles. The number of aromatic nitrogens is 14. The molecule has 0 N–H and O–H groups in total. The van der Waals surface area contributed by atoms with E-state index < -0.39 is 0 Å². The molecule has 0 amide bonds. The van der Waals surface area contributed by atoms with E-state index in [4.69, 9.17) is 19.5 Å². The van der Waals surface area contributed by atoms with Crippen molar-refractivity contribution in [3.63, 3.8) is 0 Å². The number of hydrogen-bond acceptors (Lipinski definition) is 13. The van der Waals surface area contributed by atoms with Crippen molar-refractivity contribution in [2.24, 2.45) is 0 Å². The van der Waals surface area contributed by atoms with Gasteiger partial charge in [-0.3, -0.25) is 9.97 Å². The molecule has 0 aliphatic carbocycles. The number of fused-ring (bicyclic) bond motifs is 1. The van der Waals surface area contributed by atoms with Crippen LogP contribution in [0.25, 0.3) is 11.0 Å². The smallest absolute Gasteiger partial charge is 0.142 e. The molecule has 0 aliphatic heterocycles. The maximum absolute atomic E-state index is 5.43. The number of benzene rings is 1. The number of hydrogen-bond donors (Lipinski definition) is 0. The quantitative estimate of drug-likeness (QED) is 0.0842. The van der Waals surface area contributed by atoms with Crippen molar-refractivity contribution < 1.29 is 4.52 Å². The third kappa shape index (κ3) is 22.9. The Morgan fingerprint density at radius 3 is 1.00 bits per heavy atom. The first-order valence-corrected chi connectivity index (χ1v) is 33.6. The third-order valence-electron chi connectivity index (χ3n) is 14.5. The molecule has 492 valence electrons. The van der Waals surface area contributed by atoms with Gasteiger partial charge in [0, 0.05) is 41.5 Å². The summed E-state index contributed by atoms with van der Waals surface area (Å²) in [5.41, 5.74) is 14.8. The van der Waals surface area contributed by atoms with Crippen LogP contribution in [0.3, 0.4) is 0 Å². The first-order chi connectivity index (χ1) is 40.8. The summed E-state index contributed by atoms with van der Waals surface area (Å²) >= 11 is 0. The van der Waals surface area contributed by atoms with Crippen LogP contribution in [0.1, 0.15) is 422 Å². The van der Waals surface area contributed by atoms with Crippen molar-refractivity contribution in [3.05, 3.63) is 116 Å². The molecule has 6 aromatic heterocycles. The highest BCUT2D eigenvalue weighted by Gasteiger charge is 2.24. The van der Waals surface area contributed by atoms with Gasteiger partial charge in [-0.1, -0.05) is 230 Å². The van der Waals surface area contributed by atoms with Gasteiger partial charge in [0.15, 0.2) is 0 Å². The van der Waals surface area contributed by atoms with Crippen LogP contribution in [-0.2, 0) is 0 Å². The monoisotopic (exact) mass is 1210 g/mol. The fourth-order valence-electron chi connectivity index (χ4n) is 9.45. The van der Waals surface area contributed by atoms with Gasteiger partial charge < -0.3 is 4.52 Å². The molecular weight excluding hydrogens is 1090 g/mol. The fourth-order valence-corrected chi connectivity index (χ4v) is 9.45. The molecule has 15 heteroatoms. The normalized spacial score (nSPS) is 11.9. The lowest BCUT2D eigenvalue weighted by molar-refractivity contribution is 0.362. The van der Waals surface area contributed by atoms with E-state index >= 15 is 0 Å². The molecule has 7 rings (SSSR count). The molecule has 0 bridgehead atoms. The lowest BCUT2D eigenvalue weighted by Gasteiger charge is -2.16. The predicted octanol–water partition coefficient (Wildman–Crippen LogP) is 21.2. The minimum Gasteiger partial charge on any atom is -0.361 e. The summed E-state index contributed by atoms with van der Waals surface area (Å²) in [7, 11) is 0. The van der Waals surface area contributed by atoms with Gasteiger partial charge in [-0.05, 0) is 105 Å². The van der Waals surface area contributed by atoms with Gasteiger partial charge in [-0.25, -0.2) is 29.6 Å². The second kappa shape index (κ2) is 36.1. The standard InChI is InChI=1S/C14H18N2.C13H22N2.C12H21N3.C12H21NO.2C11H21N3/c1-9(2)13-14(10(3)4)16-12-8-6-5-7-11(12)15-13;1-8(2)11-7-14-12(9(3)4)13(15-11)10(5)6;1-7(2)10-13-11(8(3)4)15-12(14-10)9(5)6;1-7(2)10-11(8(3)4)13-14-12(10)9(5)6;1-7(2)10-11(8(3)4)14(9(5)6)13-12-10;1-7(2)10-11(8(3)4)13-14(12-10)9(5)6/h5-10H,1-4H3;7-10H,1-6H3;7-9H,1-6H3;3*7-9H,1-6H3. The minimum atomic E-state index is 0.347. The summed E-state index contributed by atoms with van der Waals surface area (Å²) in [6, 6.07) is 8.82. The van der Waals surface area contributed by atoms with Gasteiger partial charge in [0.2, 0.25) is 0 Å². The molecule has 88 heavy (non-hydrogen) atoms. The summed E-state index contributed by atoms with van der Waals surface area (Å²) in [6.45, 7) is 73.3. The van der Waals surface area contributed by atoms with Crippen LogP contribution in [-0.4, -0.2) is 70.0 Å². The highest BCUT2D eigenvalue weighted by atomic mass is 16.5. The molecule has 0 spiro atoms. The van der Waals surface area contributed by atoms with E-state index in [1.165, 1.54) is 11.3 Å². The maximum Gasteiger partial charge on any atom is 0.142 e. The Bertz CT molecular complexity index is 2860. The molecule has 0 aliphatic rings. The fraction of sp³-hybridized carbons (Fsp3) is 0.699. The van der Waals surface area contributed by atoms with Gasteiger partial charge in [0.25, 0.3) is 0 Å². The predicted molar refractivity (Wildman–Crippen MR) is 370 cm³/mol. The Labute approximate surface area is 535 Å². The van der Waals surface area contributed by atoms with E-state index in [9.17, 15) is 0 Å². The summed E-state index contributed by atoms with van der Waals surface area (Å²) in [6.07, 6.45) is 1.92. The molecule has 0 saturated heterocycles. The van der Waals surface area contributed by atoms with E-state index in [0.717, 1.165) is 85.5 Å². The number of para-hydroxylation sites is 2. The Morgan fingerprint density at radius 1 is 0.330 bits per heavy atom. The largest absolute Gasteiger partial charge is 0.361 e. The molecular formula is C73H124N14O. The first kappa shape index (κ1) is 78.2. The summed E-state index contributed by atoms with van der Waals surface area (Å²) < 4.78 is 7.47. The van der Waals surface area contributed by atoms with Crippen LogP contribution >= 0.6 is 0 Å². The van der Waals surface area contributed by atoms with Crippen LogP contribution in [0, 0.1) is 0 Å². The summed E-state index contributed by atoms with van der Waals surface area (Å²) in [5.74, 6) is 10.3. The van der Waals surface area contributed by atoms with Crippen molar-refractivity contribution in [1.29, 1.82) is 0 Å². The molecule has 15 nitrogen and oxygen atoms in total. The number of nitrogens with zero attached hydrogens (tertiary/aromatic N) is 14. The Balaban J connectivity index is 0.000000360. The van der Waals surface area contributed by atoms with E-state index in [0.29, 0.717) is 101 Å². The van der Waals surface area contributed by atoms with Crippen LogP contribution < -0.4 is 0 Å². The molecule has 0 atom stereocenters. The lowest BCUT2D eigenvalue weighted by atomic mass is 9.92. The summed E-state index contributed by atoms with van der Waals surface area (Å²) in [5, 5.41) is 21.8. The van der Waals surface area contributed by atoms with Crippen LogP contribution in [0.5, 0.6) is 0 Å². The van der Waals surface area contributed by atoms with Crippen LogP contribution in [0.4, 0.5) is 0 Å². The van der Waals surface area contributed by atoms with Gasteiger partial charge >= 0.3 is 0 Å². The van der Waals surface area contributed by atoms with Crippen molar-refractivity contribution in [3.8, 4) is 0 Å². The van der Waals surface area contributed by atoms with Crippen molar-refractivity contribution in [2.45, 2.75) is 336 Å². The van der Waals surface area contributed by atoms with Crippen LogP contribution in [0.2, 0.25) is 0 Å². The van der Waals surface area contributed by atoms with Gasteiger partial charge in [0.1, 0.15) is 23.2 Å². The Morgan fingerprint density at radius 2 is 0.705 bits per heavy atom. The highest BCUT2D eigenvalue weighted by Crippen LogP contribution is 2.33. The molecule has 0 unspecified atom stereocenters. The van der Waals surface area contributed by atoms with E-state index in [2.05, 4.69) is 281 Å². The molecule has 0 fully saturated rings. The zero-order chi connectivity index (χ0) is 67.5. The third-order valence-corrected chi connectivity index (χ3v) is 14.5. The summed E-state index contributed by atoms with van der Waals surface area (Å²) in [4.78, 5) is 34.1.